The van der Waals surface area contributed by atoms with E-state index in [0.717, 1.165) is 32.6 Å². The summed E-state index contributed by atoms with van der Waals surface area (Å²) in [5.74, 6) is 0.907. The first-order valence-electron chi connectivity index (χ1n) is 9.47. The van der Waals surface area contributed by atoms with Crippen LogP contribution < -0.4 is 0 Å². The molecule has 3 aromatic rings. The number of carbonyl (C=O) groups excluding carboxylic acids is 1. The number of fused-ring (bicyclic) bond motifs is 1. The predicted octanol–water partition coefficient (Wildman–Crippen LogP) is 7.00. The Kier molecular flexibility index (Phi) is 5.99. The summed E-state index contributed by atoms with van der Waals surface area (Å²) in [7, 11) is 0. The molecule has 0 aliphatic heterocycles. The Hall–Kier alpha value is -2.46. The highest BCUT2D eigenvalue weighted by atomic mass is 32.2. The highest BCUT2D eigenvalue weighted by molar-refractivity contribution is 7.98. The van der Waals surface area contributed by atoms with Gasteiger partial charge >= 0.3 is 0 Å². The average Bonchev–Trinajstić information content (AvgIpc) is 3.09. The first-order chi connectivity index (χ1) is 13.3. The molecule has 1 aromatic heterocycles. The highest BCUT2D eigenvalue weighted by Gasteiger charge is 2.15. The Morgan fingerprint density at radius 2 is 1.68 bits per heavy atom. The number of rotatable bonds is 6. The van der Waals surface area contributed by atoms with E-state index >= 15 is 0 Å². The quantitative estimate of drug-likeness (QED) is 0.278. The predicted molar refractivity (Wildman–Crippen MR) is 118 cm³/mol. The van der Waals surface area contributed by atoms with Gasteiger partial charge in [-0.05, 0) is 77.3 Å². The van der Waals surface area contributed by atoms with E-state index < -0.39 is 0 Å². The van der Waals surface area contributed by atoms with Gasteiger partial charge in [-0.15, -0.1) is 11.8 Å². The zero-order valence-corrected chi connectivity index (χ0v) is 17.8. The summed E-state index contributed by atoms with van der Waals surface area (Å²) < 4.78 is 5.75. The molecular weight excluding hydrogens is 368 g/mol. The second kappa shape index (κ2) is 8.27. The number of furan rings is 1. The van der Waals surface area contributed by atoms with Crippen LogP contribution in [0.3, 0.4) is 0 Å². The molecule has 0 amide bonds. The number of aromatic hydroxyl groups is 1. The third kappa shape index (κ3) is 4.17. The average molecular weight is 395 g/mol. The number of thioether (sulfide) groups is 1. The number of allylic oxidation sites excluding steroid dienone is 1. The van der Waals surface area contributed by atoms with Crippen LogP contribution in [0.2, 0.25) is 0 Å². The molecule has 0 fully saturated rings. The van der Waals surface area contributed by atoms with Crippen molar-refractivity contribution in [2.45, 2.75) is 44.4 Å². The lowest BCUT2D eigenvalue weighted by atomic mass is 9.91. The van der Waals surface area contributed by atoms with Gasteiger partial charge in [0.2, 0.25) is 5.78 Å². The summed E-state index contributed by atoms with van der Waals surface area (Å²) in [4.78, 5) is 13.7. The summed E-state index contributed by atoms with van der Waals surface area (Å²) in [6.45, 7) is 8.20. The monoisotopic (exact) mass is 394 g/mol. The first-order valence-corrected chi connectivity index (χ1v) is 10.7. The van der Waals surface area contributed by atoms with Gasteiger partial charge in [0, 0.05) is 10.3 Å². The fraction of sp³-hybridized carbons (Fsp3) is 0.292. The molecule has 0 saturated heterocycles. The fourth-order valence-electron chi connectivity index (χ4n) is 3.19. The van der Waals surface area contributed by atoms with Gasteiger partial charge in [-0.1, -0.05) is 33.8 Å². The van der Waals surface area contributed by atoms with Gasteiger partial charge in [0.05, 0.1) is 0 Å². The van der Waals surface area contributed by atoms with Crippen molar-refractivity contribution >= 4 is 34.6 Å². The summed E-state index contributed by atoms with van der Waals surface area (Å²) in [6, 6.07) is 11.6. The zero-order valence-electron chi connectivity index (χ0n) is 16.9. The van der Waals surface area contributed by atoms with E-state index in [1.54, 1.807) is 23.9 Å². The Bertz CT molecular complexity index is 1010. The molecule has 0 aliphatic rings. The van der Waals surface area contributed by atoms with E-state index in [1.807, 2.05) is 36.6 Å². The van der Waals surface area contributed by atoms with Gasteiger partial charge in [0.25, 0.3) is 0 Å². The van der Waals surface area contributed by atoms with Crippen molar-refractivity contribution < 1.29 is 14.3 Å². The molecule has 2 aromatic carbocycles. The molecule has 4 heteroatoms. The van der Waals surface area contributed by atoms with Gasteiger partial charge in [-0.2, -0.15) is 0 Å². The molecule has 0 radical (unpaired) electrons. The van der Waals surface area contributed by atoms with Crippen molar-refractivity contribution in [3.63, 3.8) is 0 Å². The number of carbonyl (C=O) groups is 1. The van der Waals surface area contributed by atoms with E-state index in [-0.39, 0.29) is 17.6 Å². The van der Waals surface area contributed by atoms with Gasteiger partial charge in [0.1, 0.15) is 11.3 Å². The lowest BCUT2D eigenvalue weighted by Crippen LogP contribution is -1.97. The molecule has 0 atom stereocenters. The fourth-order valence-corrected chi connectivity index (χ4v) is 3.62. The lowest BCUT2D eigenvalue weighted by molar-refractivity contribution is 0.102. The Labute approximate surface area is 170 Å². The molecule has 1 N–H and O–H groups in total. The number of hydrogen-bond acceptors (Lipinski definition) is 4. The molecule has 3 rings (SSSR count). The molecule has 146 valence electrons. The van der Waals surface area contributed by atoms with Crippen molar-refractivity contribution in [2.24, 2.45) is 0 Å². The van der Waals surface area contributed by atoms with Crippen LogP contribution in [-0.2, 0) is 0 Å². The third-order valence-electron chi connectivity index (χ3n) is 4.83. The van der Waals surface area contributed by atoms with Crippen LogP contribution in [0.5, 0.6) is 5.75 Å². The second-order valence-corrected chi connectivity index (χ2v) is 8.45. The Morgan fingerprint density at radius 3 is 2.25 bits per heavy atom. The highest BCUT2D eigenvalue weighted by Crippen LogP contribution is 2.35. The van der Waals surface area contributed by atoms with E-state index in [1.165, 1.54) is 6.08 Å². The van der Waals surface area contributed by atoms with Crippen molar-refractivity contribution in [3.8, 4) is 5.75 Å². The normalized spacial score (nSPS) is 12.0. The summed E-state index contributed by atoms with van der Waals surface area (Å²) in [5.41, 5.74) is 3.41. The molecule has 0 aliphatic carbocycles. The summed E-state index contributed by atoms with van der Waals surface area (Å²) in [5, 5.41) is 11.4. The first kappa shape index (κ1) is 20.3. The minimum Gasteiger partial charge on any atom is -0.507 e. The molecule has 3 nitrogen and oxygen atoms in total. The molecule has 0 saturated carbocycles. The van der Waals surface area contributed by atoms with Gasteiger partial charge in [-0.3, -0.25) is 4.79 Å². The molecule has 0 unspecified atom stereocenters. The van der Waals surface area contributed by atoms with Crippen LogP contribution in [0, 0.1) is 0 Å². The molecule has 0 bridgehead atoms. The minimum atomic E-state index is -0.174. The lowest BCUT2D eigenvalue weighted by Gasteiger charge is -2.16. The SMILES string of the molecule is CSc1ccc2cc(C(=O)/C=C/c3cc(C(C)C)c(O)c(C(C)C)c3)oc2c1. The van der Waals surface area contributed by atoms with E-state index in [4.69, 9.17) is 4.42 Å². The molecule has 1 heterocycles. The second-order valence-electron chi connectivity index (χ2n) is 7.57. The maximum Gasteiger partial charge on any atom is 0.221 e. The topological polar surface area (TPSA) is 50.4 Å². The number of phenolic OH excluding ortho intramolecular Hbond substituents is 1. The number of ketones is 1. The van der Waals surface area contributed by atoms with Crippen LogP contribution in [0.4, 0.5) is 0 Å². The van der Waals surface area contributed by atoms with Crippen molar-refractivity contribution in [3.05, 3.63) is 64.9 Å². The smallest absolute Gasteiger partial charge is 0.221 e. The zero-order chi connectivity index (χ0) is 20.4. The number of phenols is 1. The van der Waals surface area contributed by atoms with Crippen LogP contribution in [-0.4, -0.2) is 17.1 Å². The van der Waals surface area contributed by atoms with Crippen molar-refractivity contribution in [2.75, 3.05) is 6.26 Å². The Balaban J connectivity index is 1.91. The van der Waals surface area contributed by atoms with Gasteiger partial charge < -0.3 is 9.52 Å². The standard InChI is InChI=1S/C24H26O3S/c1-14(2)19-10-16(11-20(15(3)4)24(19)26)6-9-21(25)23-12-17-7-8-18(28-5)13-22(17)27-23/h6-15,26H,1-5H3/b9-6+. The van der Waals surface area contributed by atoms with E-state index in [9.17, 15) is 9.90 Å². The van der Waals surface area contributed by atoms with Gasteiger partial charge in [-0.25, -0.2) is 0 Å². The van der Waals surface area contributed by atoms with E-state index in [0.29, 0.717) is 11.5 Å². The van der Waals surface area contributed by atoms with Crippen LogP contribution >= 0.6 is 11.8 Å². The number of hydrogen-bond donors (Lipinski definition) is 1. The van der Waals surface area contributed by atoms with Crippen LogP contribution in [0.25, 0.3) is 17.0 Å². The third-order valence-corrected chi connectivity index (χ3v) is 5.56. The largest absolute Gasteiger partial charge is 0.507 e. The van der Waals surface area contributed by atoms with Gasteiger partial charge in [0.15, 0.2) is 5.76 Å². The van der Waals surface area contributed by atoms with Crippen LogP contribution in [0.15, 0.2) is 51.8 Å². The maximum atomic E-state index is 12.6. The number of benzene rings is 2. The van der Waals surface area contributed by atoms with E-state index in [2.05, 4.69) is 27.7 Å². The van der Waals surface area contributed by atoms with Crippen molar-refractivity contribution in [1.29, 1.82) is 0 Å². The maximum absolute atomic E-state index is 12.6. The molecule has 0 spiro atoms. The summed E-state index contributed by atoms with van der Waals surface area (Å²) in [6.07, 6.45) is 5.33. The Morgan fingerprint density at radius 1 is 1.04 bits per heavy atom. The molecule has 28 heavy (non-hydrogen) atoms. The van der Waals surface area contributed by atoms with Crippen molar-refractivity contribution in [1.82, 2.24) is 0 Å². The molecular formula is C24H26O3S. The van der Waals surface area contributed by atoms with Crippen LogP contribution in [0.1, 0.15) is 66.8 Å². The summed E-state index contributed by atoms with van der Waals surface area (Å²) >= 11 is 1.64. The minimum absolute atomic E-state index is 0.174.